The van der Waals surface area contributed by atoms with Gasteiger partial charge in [0.1, 0.15) is 0 Å². The summed E-state index contributed by atoms with van der Waals surface area (Å²) in [7, 11) is 0. The predicted octanol–water partition coefficient (Wildman–Crippen LogP) is 2.56. The van der Waals surface area contributed by atoms with Gasteiger partial charge in [0.15, 0.2) is 0 Å². The average Bonchev–Trinajstić information content (AvgIpc) is 2.89. The van der Waals surface area contributed by atoms with E-state index in [1.807, 2.05) is 6.92 Å². The number of rotatable bonds is 5. The first-order valence-corrected chi connectivity index (χ1v) is 7.38. The molecule has 1 heterocycles. The number of aliphatic hydroxyl groups is 1. The van der Waals surface area contributed by atoms with E-state index < -0.39 is 0 Å². The molecule has 0 bridgehead atoms. The Kier molecular flexibility index (Phi) is 4.83. The minimum atomic E-state index is -0.196. The van der Waals surface area contributed by atoms with Crippen LogP contribution in [0.5, 0.6) is 0 Å². The van der Waals surface area contributed by atoms with E-state index in [0.29, 0.717) is 12.0 Å². The number of nitrogens with one attached hydrogen (secondary N) is 1. The highest BCUT2D eigenvalue weighted by Gasteiger charge is 2.25. The van der Waals surface area contributed by atoms with Crippen molar-refractivity contribution in [2.45, 2.75) is 39.3 Å². The van der Waals surface area contributed by atoms with E-state index in [0.717, 1.165) is 26.1 Å². The van der Waals surface area contributed by atoms with E-state index in [-0.39, 0.29) is 6.10 Å². The number of benzene rings is 1. The Morgan fingerprint density at radius 3 is 2.53 bits per heavy atom. The third-order valence-electron chi connectivity index (χ3n) is 4.18. The quantitative estimate of drug-likeness (QED) is 0.856. The second-order valence-corrected chi connectivity index (χ2v) is 5.61. The third kappa shape index (κ3) is 3.48. The standard InChI is InChI=1S/C16H26N2O/c1-4-17-12(2)14-5-7-16(8-6-14)18-10-9-15(11-18)13(3)19/h5-8,12-13,15,17,19H,4,9-11H2,1-3H3. The van der Waals surface area contributed by atoms with Gasteiger partial charge in [-0.25, -0.2) is 0 Å². The summed E-state index contributed by atoms with van der Waals surface area (Å²) in [5.74, 6) is 0.417. The van der Waals surface area contributed by atoms with Crippen LogP contribution in [0.2, 0.25) is 0 Å². The van der Waals surface area contributed by atoms with Crippen LogP contribution in [0.4, 0.5) is 5.69 Å². The van der Waals surface area contributed by atoms with Crippen molar-refractivity contribution in [2.75, 3.05) is 24.5 Å². The summed E-state index contributed by atoms with van der Waals surface area (Å²) >= 11 is 0. The van der Waals surface area contributed by atoms with Gasteiger partial charge in [-0.2, -0.15) is 0 Å². The van der Waals surface area contributed by atoms with Crippen LogP contribution in [0.25, 0.3) is 0 Å². The first-order chi connectivity index (χ1) is 9.11. The Balaban J connectivity index is 1.99. The molecule has 0 saturated carbocycles. The normalized spacial score (nSPS) is 22.5. The Morgan fingerprint density at radius 1 is 1.32 bits per heavy atom. The molecule has 1 aliphatic heterocycles. The summed E-state index contributed by atoms with van der Waals surface area (Å²) in [4.78, 5) is 2.37. The van der Waals surface area contributed by atoms with Gasteiger partial charge >= 0.3 is 0 Å². The zero-order valence-electron chi connectivity index (χ0n) is 12.3. The van der Waals surface area contributed by atoms with Crippen molar-refractivity contribution in [3.63, 3.8) is 0 Å². The second kappa shape index (κ2) is 6.40. The molecule has 106 valence electrons. The number of aliphatic hydroxyl groups excluding tert-OH is 1. The lowest BCUT2D eigenvalue weighted by Crippen LogP contribution is -2.24. The van der Waals surface area contributed by atoms with Crippen LogP contribution in [0.1, 0.15) is 38.8 Å². The molecule has 2 N–H and O–H groups in total. The molecule has 0 amide bonds. The number of hydrogen-bond donors (Lipinski definition) is 2. The van der Waals surface area contributed by atoms with Gasteiger partial charge in [-0.05, 0) is 44.5 Å². The Hall–Kier alpha value is -1.06. The van der Waals surface area contributed by atoms with E-state index >= 15 is 0 Å². The lowest BCUT2D eigenvalue weighted by atomic mass is 10.0. The van der Waals surface area contributed by atoms with Crippen molar-refractivity contribution in [3.05, 3.63) is 29.8 Å². The molecule has 0 aliphatic carbocycles. The molecule has 3 heteroatoms. The first-order valence-electron chi connectivity index (χ1n) is 7.38. The van der Waals surface area contributed by atoms with Gasteiger partial charge in [-0.1, -0.05) is 19.1 Å². The summed E-state index contributed by atoms with van der Waals surface area (Å²) in [5, 5.41) is 13.1. The fourth-order valence-corrected chi connectivity index (χ4v) is 2.81. The van der Waals surface area contributed by atoms with Crippen molar-refractivity contribution in [2.24, 2.45) is 5.92 Å². The molecule has 0 spiro atoms. The molecule has 1 aromatic rings. The maximum absolute atomic E-state index is 9.66. The molecule has 1 aromatic carbocycles. The summed E-state index contributed by atoms with van der Waals surface area (Å²) in [6.45, 7) is 9.24. The lowest BCUT2D eigenvalue weighted by molar-refractivity contribution is 0.136. The zero-order valence-corrected chi connectivity index (χ0v) is 12.3. The molecule has 1 fully saturated rings. The zero-order chi connectivity index (χ0) is 13.8. The van der Waals surface area contributed by atoms with Gasteiger partial charge < -0.3 is 15.3 Å². The maximum atomic E-state index is 9.66. The van der Waals surface area contributed by atoms with E-state index in [9.17, 15) is 5.11 Å². The van der Waals surface area contributed by atoms with Crippen LogP contribution in [0, 0.1) is 5.92 Å². The smallest absolute Gasteiger partial charge is 0.0557 e. The summed E-state index contributed by atoms with van der Waals surface area (Å²) in [6, 6.07) is 9.22. The van der Waals surface area contributed by atoms with Crippen molar-refractivity contribution in [1.29, 1.82) is 0 Å². The topological polar surface area (TPSA) is 35.5 Å². The van der Waals surface area contributed by atoms with E-state index in [2.05, 4.69) is 48.3 Å². The number of anilines is 1. The van der Waals surface area contributed by atoms with Crippen LogP contribution in [-0.4, -0.2) is 30.8 Å². The van der Waals surface area contributed by atoms with Gasteiger partial charge in [0.2, 0.25) is 0 Å². The van der Waals surface area contributed by atoms with E-state index in [4.69, 9.17) is 0 Å². The van der Waals surface area contributed by atoms with Gasteiger partial charge in [0.05, 0.1) is 6.10 Å². The summed E-state index contributed by atoms with van der Waals surface area (Å²) < 4.78 is 0. The third-order valence-corrected chi connectivity index (χ3v) is 4.18. The van der Waals surface area contributed by atoms with Crippen molar-refractivity contribution in [1.82, 2.24) is 5.32 Å². The molecule has 3 atom stereocenters. The molecule has 2 rings (SSSR count). The highest BCUT2D eigenvalue weighted by Crippen LogP contribution is 2.26. The highest BCUT2D eigenvalue weighted by atomic mass is 16.3. The monoisotopic (exact) mass is 262 g/mol. The van der Waals surface area contributed by atoms with E-state index in [1.54, 1.807) is 0 Å². The molecule has 3 nitrogen and oxygen atoms in total. The second-order valence-electron chi connectivity index (χ2n) is 5.61. The Morgan fingerprint density at radius 2 is 2.00 bits per heavy atom. The fraction of sp³-hybridized carbons (Fsp3) is 0.625. The van der Waals surface area contributed by atoms with Gasteiger partial charge in [-0.3, -0.25) is 0 Å². The lowest BCUT2D eigenvalue weighted by Gasteiger charge is -2.21. The molecule has 1 aliphatic rings. The molecule has 3 unspecified atom stereocenters. The van der Waals surface area contributed by atoms with Crippen LogP contribution >= 0.6 is 0 Å². The predicted molar refractivity (Wildman–Crippen MR) is 80.5 cm³/mol. The molecule has 19 heavy (non-hydrogen) atoms. The van der Waals surface area contributed by atoms with Crippen LogP contribution in [0.3, 0.4) is 0 Å². The van der Waals surface area contributed by atoms with E-state index in [1.165, 1.54) is 11.3 Å². The van der Waals surface area contributed by atoms with Crippen molar-refractivity contribution >= 4 is 5.69 Å². The molecule has 0 aromatic heterocycles. The molecular formula is C16H26N2O. The SMILES string of the molecule is CCNC(C)c1ccc(N2CCC(C(C)O)C2)cc1. The Labute approximate surface area is 116 Å². The first kappa shape index (κ1) is 14.4. The largest absolute Gasteiger partial charge is 0.393 e. The summed E-state index contributed by atoms with van der Waals surface area (Å²) in [5.41, 5.74) is 2.60. The van der Waals surface area contributed by atoms with Gasteiger partial charge in [0, 0.05) is 30.7 Å². The minimum Gasteiger partial charge on any atom is -0.393 e. The number of nitrogens with zero attached hydrogens (tertiary/aromatic N) is 1. The Bertz CT molecular complexity index is 388. The summed E-state index contributed by atoms with van der Waals surface area (Å²) in [6.07, 6.45) is 0.894. The molecule has 0 radical (unpaired) electrons. The number of hydrogen-bond acceptors (Lipinski definition) is 3. The average molecular weight is 262 g/mol. The van der Waals surface area contributed by atoms with Crippen LogP contribution in [0.15, 0.2) is 24.3 Å². The maximum Gasteiger partial charge on any atom is 0.0557 e. The van der Waals surface area contributed by atoms with Crippen LogP contribution in [-0.2, 0) is 0 Å². The van der Waals surface area contributed by atoms with Crippen LogP contribution < -0.4 is 10.2 Å². The highest BCUT2D eigenvalue weighted by molar-refractivity contribution is 5.49. The molecular weight excluding hydrogens is 236 g/mol. The fourth-order valence-electron chi connectivity index (χ4n) is 2.81. The van der Waals surface area contributed by atoms with Gasteiger partial charge in [-0.15, -0.1) is 0 Å². The van der Waals surface area contributed by atoms with Gasteiger partial charge in [0.25, 0.3) is 0 Å². The molecule has 1 saturated heterocycles. The van der Waals surface area contributed by atoms with Crippen molar-refractivity contribution in [3.8, 4) is 0 Å². The van der Waals surface area contributed by atoms with Crippen molar-refractivity contribution < 1.29 is 5.11 Å². The minimum absolute atomic E-state index is 0.196.